The number of hydrogen-bond acceptors (Lipinski definition) is 5. The van der Waals surface area contributed by atoms with Gasteiger partial charge in [-0.2, -0.15) is 0 Å². The van der Waals surface area contributed by atoms with Crippen LogP contribution < -0.4 is 9.64 Å². The summed E-state index contributed by atoms with van der Waals surface area (Å²) in [6.07, 6.45) is 0. The van der Waals surface area contributed by atoms with Crippen LogP contribution in [0, 0.1) is 6.92 Å². The van der Waals surface area contributed by atoms with Gasteiger partial charge in [0.1, 0.15) is 5.75 Å². The summed E-state index contributed by atoms with van der Waals surface area (Å²) in [5.41, 5.74) is 3.69. The lowest BCUT2D eigenvalue weighted by molar-refractivity contribution is 0.0696. The molecule has 6 nitrogen and oxygen atoms in total. The van der Waals surface area contributed by atoms with Crippen LogP contribution >= 0.6 is 0 Å². The number of pyridine rings is 1. The van der Waals surface area contributed by atoms with Crippen LogP contribution in [0.1, 0.15) is 23.0 Å². The summed E-state index contributed by atoms with van der Waals surface area (Å²) >= 11 is 0. The summed E-state index contributed by atoms with van der Waals surface area (Å²) in [7, 11) is 1.63. The molecule has 2 aromatic heterocycles. The van der Waals surface area contributed by atoms with Gasteiger partial charge in [0, 0.05) is 48.2 Å². The number of amides is 1. The van der Waals surface area contributed by atoms with Gasteiger partial charge < -0.3 is 19.0 Å². The lowest BCUT2D eigenvalue weighted by atomic mass is 10.1. The van der Waals surface area contributed by atoms with E-state index in [2.05, 4.69) is 48.0 Å². The molecule has 6 heteroatoms. The summed E-state index contributed by atoms with van der Waals surface area (Å²) < 4.78 is 11.1. The Morgan fingerprint density at radius 3 is 2.61 bits per heavy atom. The van der Waals surface area contributed by atoms with E-state index in [1.165, 1.54) is 11.3 Å². The van der Waals surface area contributed by atoms with Gasteiger partial charge in [-0.05, 0) is 50.2 Å². The molecular formula is C25H25N3O3. The molecule has 0 bridgehead atoms. The van der Waals surface area contributed by atoms with Crippen LogP contribution in [-0.2, 0) is 0 Å². The topological polar surface area (TPSA) is 58.8 Å². The Hall–Kier alpha value is -3.54. The van der Waals surface area contributed by atoms with Crippen molar-refractivity contribution in [2.45, 2.75) is 19.9 Å². The number of aryl methyl sites for hydroxylation is 1. The third-order valence-electron chi connectivity index (χ3n) is 6.00. The summed E-state index contributed by atoms with van der Waals surface area (Å²) in [4.78, 5) is 22.0. The zero-order valence-electron chi connectivity index (χ0n) is 18.0. The molecule has 0 saturated carbocycles. The zero-order valence-corrected chi connectivity index (χ0v) is 18.0. The van der Waals surface area contributed by atoms with E-state index < -0.39 is 0 Å². The van der Waals surface area contributed by atoms with Crippen LogP contribution in [0.3, 0.4) is 0 Å². The maximum atomic E-state index is 13.2. The predicted octanol–water partition coefficient (Wildman–Crippen LogP) is 4.65. The smallest absolute Gasteiger partial charge is 0.289 e. The molecule has 1 aliphatic heterocycles. The van der Waals surface area contributed by atoms with Crippen LogP contribution in [0.2, 0.25) is 0 Å². The average molecular weight is 415 g/mol. The van der Waals surface area contributed by atoms with Crippen molar-refractivity contribution in [2.24, 2.45) is 0 Å². The second kappa shape index (κ2) is 7.61. The quantitative estimate of drug-likeness (QED) is 0.488. The number of hydrogen-bond donors (Lipinski definition) is 0. The lowest BCUT2D eigenvalue weighted by Gasteiger charge is -2.41. The van der Waals surface area contributed by atoms with E-state index >= 15 is 0 Å². The summed E-state index contributed by atoms with van der Waals surface area (Å²) in [6, 6.07) is 18.3. The van der Waals surface area contributed by atoms with Crippen LogP contribution in [0.25, 0.3) is 22.0 Å². The van der Waals surface area contributed by atoms with Crippen LogP contribution in [-0.4, -0.2) is 48.6 Å². The number of rotatable bonds is 3. The SMILES string of the molecule is COc1ccc2cc3cc(C(=O)N4CCN(c5ccc(C)cc5)C(C)C4)oc3nc2c1. The molecule has 1 fully saturated rings. The Balaban J connectivity index is 1.37. The molecule has 1 saturated heterocycles. The van der Waals surface area contributed by atoms with Gasteiger partial charge in [0.15, 0.2) is 5.76 Å². The summed E-state index contributed by atoms with van der Waals surface area (Å²) in [5, 5.41) is 1.81. The molecule has 0 radical (unpaired) electrons. The number of fused-ring (bicyclic) bond motifs is 2. The number of nitrogens with zero attached hydrogens (tertiary/aromatic N) is 3. The predicted molar refractivity (Wildman–Crippen MR) is 122 cm³/mol. The highest BCUT2D eigenvalue weighted by Crippen LogP contribution is 2.27. The minimum absolute atomic E-state index is 0.0879. The standard InChI is InChI=1S/C25H25N3O3/c1-16-4-7-20(8-5-16)28-11-10-27(15-17(28)2)25(29)23-13-19-12-18-6-9-21(30-3)14-22(18)26-24(19)31-23/h4-9,12-14,17H,10-11,15H2,1-3H3. The number of aromatic nitrogens is 1. The van der Waals surface area contributed by atoms with Gasteiger partial charge in [0.2, 0.25) is 5.71 Å². The Kier molecular flexibility index (Phi) is 4.77. The number of furan rings is 1. The van der Waals surface area contributed by atoms with E-state index in [1.54, 1.807) is 13.2 Å². The minimum atomic E-state index is -0.0879. The third kappa shape index (κ3) is 3.58. The second-order valence-electron chi connectivity index (χ2n) is 8.18. The van der Waals surface area contributed by atoms with Crippen molar-refractivity contribution in [3.63, 3.8) is 0 Å². The number of ether oxygens (including phenoxy) is 1. The highest BCUT2D eigenvalue weighted by molar-refractivity contribution is 5.98. The first-order chi connectivity index (χ1) is 15.0. The fourth-order valence-electron chi connectivity index (χ4n) is 4.26. The van der Waals surface area contributed by atoms with Crippen molar-refractivity contribution in [1.29, 1.82) is 0 Å². The van der Waals surface area contributed by atoms with Crippen molar-refractivity contribution in [3.05, 3.63) is 65.9 Å². The van der Waals surface area contributed by atoms with Crippen LogP contribution in [0.4, 0.5) is 5.69 Å². The van der Waals surface area contributed by atoms with Crippen LogP contribution in [0.5, 0.6) is 5.75 Å². The van der Waals surface area contributed by atoms with Crippen molar-refractivity contribution in [2.75, 3.05) is 31.6 Å². The molecule has 0 aliphatic carbocycles. The Morgan fingerprint density at radius 2 is 1.87 bits per heavy atom. The first-order valence-electron chi connectivity index (χ1n) is 10.5. The minimum Gasteiger partial charge on any atom is -0.497 e. The van der Waals surface area contributed by atoms with Gasteiger partial charge in [0.25, 0.3) is 5.91 Å². The number of benzene rings is 2. The fraction of sp³-hybridized carbons (Fsp3) is 0.280. The van der Waals surface area contributed by atoms with E-state index in [9.17, 15) is 4.79 Å². The maximum Gasteiger partial charge on any atom is 0.289 e. The van der Waals surface area contributed by atoms with E-state index in [0.29, 0.717) is 24.6 Å². The first kappa shape index (κ1) is 19.4. The summed E-state index contributed by atoms with van der Waals surface area (Å²) in [6.45, 7) is 6.33. The molecule has 1 unspecified atom stereocenters. The number of anilines is 1. The molecule has 5 rings (SSSR count). The van der Waals surface area contributed by atoms with E-state index in [-0.39, 0.29) is 11.9 Å². The van der Waals surface area contributed by atoms with Gasteiger partial charge in [0.05, 0.1) is 12.6 Å². The molecule has 158 valence electrons. The Labute approximate surface area is 181 Å². The second-order valence-corrected chi connectivity index (χ2v) is 8.18. The van der Waals surface area contributed by atoms with Gasteiger partial charge in [-0.1, -0.05) is 17.7 Å². The maximum absolute atomic E-state index is 13.2. The van der Waals surface area contributed by atoms with E-state index in [1.807, 2.05) is 29.2 Å². The highest BCUT2D eigenvalue weighted by atomic mass is 16.5. The fourth-order valence-corrected chi connectivity index (χ4v) is 4.26. The zero-order chi connectivity index (χ0) is 21.5. The Bertz CT molecular complexity index is 1260. The highest BCUT2D eigenvalue weighted by Gasteiger charge is 2.29. The van der Waals surface area contributed by atoms with Gasteiger partial charge in [-0.25, -0.2) is 4.98 Å². The first-order valence-corrected chi connectivity index (χ1v) is 10.5. The largest absolute Gasteiger partial charge is 0.497 e. The number of piperazine rings is 1. The van der Waals surface area contributed by atoms with Crippen LogP contribution in [0.15, 0.2) is 59.0 Å². The molecular weight excluding hydrogens is 390 g/mol. The molecule has 1 amide bonds. The molecule has 0 spiro atoms. The van der Waals surface area contributed by atoms with Gasteiger partial charge >= 0.3 is 0 Å². The van der Waals surface area contributed by atoms with E-state index in [0.717, 1.165) is 28.6 Å². The number of carbonyl (C=O) groups is 1. The van der Waals surface area contributed by atoms with Crippen molar-refractivity contribution < 1.29 is 13.9 Å². The third-order valence-corrected chi connectivity index (χ3v) is 6.00. The number of methoxy groups -OCH3 is 1. The van der Waals surface area contributed by atoms with Crippen molar-refractivity contribution in [3.8, 4) is 5.75 Å². The van der Waals surface area contributed by atoms with Gasteiger partial charge in [-0.3, -0.25) is 4.79 Å². The molecule has 1 atom stereocenters. The molecule has 3 heterocycles. The average Bonchev–Trinajstić information content (AvgIpc) is 3.20. The lowest BCUT2D eigenvalue weighted by Crippen LogP contribution is -2.53. The molecule has 2 aromatic carbocycles. The molecule has 1 aliphatic rings. The van der Waals surface area contributed by atoms with Crippen molar-refractivity contribution >= 4 is 33.6 Å². The molecule has 0 N–H and O–H groups in total. The summed E-state index contributed by atoms with van der Waals surface area (Å²) in [5.74, 6) is 0.985. The monoisotopic (exact) mass is 415 g/mol. The van der Waals surface area contributed by atoms with E-state index in [4.69, 9.17) is 9.15 Å². The normalized spacial score (nSPS) is 16.8. The van der Waals surface area contributed by atoms with Crippen molar-refractivity contribution in [1.82, 2.24) is 9.88 Å². The van der Waals surface area contributed by atoms with Gasteiger partial charge in [-0.15, -0.1) is 0 Å². The number of carbonyl (C=O) groups excluding carboxylic acids is 1. The molecule has 4 aromatic rings. The molecule has 31 heavy (non-hydrogen) atoms. The Morgan fingerprint density at radius 1 is 1.06 bits per heavy atom.